The Kier molecular flexibility index (Phi) is 7.05. The van der Waals surface area contributed by atoms with Crippen molar-refractivity contribution in [3.05, 3.63) is 52.0 Å². The summed E-state index contributed by atoms with van der Waals surface area (Å²) < 4.78 is 67.5. The van der Waals surface area contributed by atoms with Crippen molar-refractivity contribution in [1.82, 2.24) is 4.31 Å². The average Bonchev–Trinajstić information content (AvgIpc) is 2.60. The predicted molar refractivity (Wildman–Crippen MR) is 103 cm³/mol. The maximum Gasteiger partial charge on any atom is 0.422 e. The van der Waals surface area contributed by atoms with Gasteiger partial charge in [0.15, 0.2) is 6.61 Å². The van der Waals surface area contributed by atoms with Crippen molar-refractivity contribution < 1.29 is 31.1 Å². The van der Waals surface area contributed by atoms with Gasteiger partial charge in [-0.1, -0.05) is 23.2 Å². The Bertz CT molecular complexity index is 1030. The topological polar surface area (TPSA) is 75.7 Å². The van der Waals surface area contributed by atoms with E-state index in [4.69, 9.17) is 27.9 Å². The molecule has 2 rings (SSSR count). The van der Waals surface area contributed by atoms with Crippen molar-refractivity contribution in [3.63, 3.8) is 0 Å². The van der Waals surface area contributed by atoms with Crippen LogP contribution in [0.1, 0.15) is 10.4 Å². The van der Waals surface area contributed by atoms with E-state index in [1.807, 2.05) is 0 Å². The highest BCUT2D eigenvalue weighted by molar-refractivity contribution is 7.89. The lowest BCUT2D eigenvalue weighted by Crippen LogP contribution is -2.23. The first-order chi connectivity index (χ1) is 13.3. The summed E-state index contributed by atoms with van der Waals surface area (Å²) in [5.74, 6) is -1.13. The van der Waals surface area contributed by atoms with Gasteiger partial charge in [-0.15, -0.1) is 0 Å². The largest absolute Gasteiger partial charge is 0.482 e. The molecule has 0 aliphatic rings. The third-order valence-corrected chi connectivity index (χ3v) is 5.92. The van der Waals surface area contributed by atoms with Crippen LogP contribution in [0.4, 0.5) is 18.9 Å². The molecule has 0 saturated carbocycles. The molecule has 1 N–H and O–H groups in total. The van der Waals surface area contributed by atoms with Crippen LogP contribution >= 0.6 is 23.2 Å². The number of anilines is 1. The van der Waals surface area contributed by atoms with Gasteiger partial charge in [-0.2, -0.15) is 13.2 Å². The zero-order chi connectivity index (χ0) is 22.0. The molecule has 0 heterocycles. The van der Waals surface area contributed by atoms with Crippen molar-refractivity contribution in [2.45, 2.75) is 11.1 Å². The zero-order valence-corrected chi connectivity index (χ0v) is 17.4. The number of hydrogen-bond donors (Lipinski definition) is 1. The van der Waals surface area contributed by atoms with Crippen molar-refractivity contribution >= 4 is 44.8 Å². The van der Waals surface area contributed by atoms with E-state index in [0.29, 0.717) is 0 Å². The number of halogens is 5. The van der Waals surface area contributed by atoms with Crippen molar-refractivity contribution in [1.29, 1.82) is 0 Å². The lowest BCUT2D eigenvalue weighted by molar-refractivity contribution is -0.153. The molecule has 2 aromatic rings. The number of alkyl halides is 3. The van der Waals surface area contributed by atoms with E-state index in [9.17, 15) is 26.4 Å². The second kappa shape index (κ2) is 8.78. The minimum atomic E-state index is -4.58. The molecule has 0 radical (unpaired) electrons. The number of nitrogens with zero attached hydrogens (tertiary/aromatic N) is 1. The number of sulfonamides is 1. The van der Waals surface area contributed by atoms with Gasteiger partial charge in [0.25, 0.3) is 5.91 Å². The summed E-state index contributed by atoms with van der Waals surface area (Å²) in [4.78, 5) is 12.4. The third-order valence-electron chi connectivity index (χ3n) is 3.54. The number of ether oxygens (including phenoxy) is 1. The lowest BCUT2D eigenvalue weighted by Gasteiger charge is -2.16. The third kappa shape index (κ3) is 5.99. The molecule has 12 heteroatoms. The van der Waals surface area contributed by atoms with Gasteiger partial charge in [-0.05, 0) is 36.4 Å². The van der Waals surface area contributed by atoms with Gasteiger partial charge in [-0.25, -0.2) is 12.7 Å². The molecule has 2 aromatic carbocycles. The van der Waals surface area contributed by atoms with Gasteiger partial charge in [-0.3, -0.25) is 4.79 Å². The van der Waals surface area contributed by atoms with Gasteiger partial charge < -0.3 is 10.1 Å². The normalized spacial score (nSPS) is 12.1. The van der Waals surface area contributed by atoms with Crippen molar-refractivity contribution in [2.24, 2.45) is 0 Å². The second-order valence-electron chi connectivity index (χ2n) is 5.93. The molecule has 6 nitrogen and oxygen atoms in total. The van der Waals surface area contributed by atoms with Gasteiger partial charge in [0.2, 0.25) is 10.0 Å². The first-order valence-corrected chi connectivity index (χ1v) is 10.0. The lowest BCUT2D eigenvalue weighted by atomic mass is 10.2. The number of carbonyl (C=O) groups excluding carboxylic acids is 1. The van der Waals surface area contributed by atoms with Crippen LogP contribution in [-0.2, 0) is 10.0 Å². The van der Waals surface area contributed by atoms with Crippen molar-refractivity contribution in [2.75, 3.05) is 26.0 Å². The zero-order valence-electron chi connectivity index (χ0n) is 15.0. The summed E-state index contributed by atoms with van der Waals surface area (Å²) in [7, 11) is -1.20. The molecular weight excluding hydrogens is 456 g/mol. The maximum absolute atomic E-state index is 12.6. The summed E-state index contributed by atoms with van der Waals surface area (Å²) in [6.07, 6.45) is -4.58. The molecule has 0 aliphatic heterocycles. The van der Waals surface area contributed by atoms with Crippen LogP contribution in [-0.4, -0.2) is 45.5 Å². The highest BCUT2D eigenvalue weighted by Crippen LogP contribution is 2.31. The molecule has 0 spiro atoms. The standard InChI is InChI=1S/C17H15Cl2F3N2O4S/c1-24(2)29(26,27)11-4-5-13(19)12(8-11)16(25)23-14-7-10(18)3-6-15(14)28-9-17(20,21)22/h3-8H,9H2,1-2H3,(H,23,25). The summed E-state index contributed by atoms with van der Waals surface area (Å²) in [6.45, 7) is -1.57. The van der Waals surface area contributed by atoms with Gasteiger partial charge in [0.1, 0.15) is 5.75 Å². The Hall–Kier alpha value is -2.01. The summed E-state index contributed by atoms with van der Waals surface area (Å²) in [5, 5.41) is 2.42. The second-order valence-corrected chi connectivity index (χ2v) is 8.92. The van der Waals surface area contributed by atoms with Crippen LogP contribution in [0.5, 0.6) is 5.75 Å². The number of benzene rings is 2. The first kappa shape index (κ1) is 23.3. The molecule has 158 valence electrons. The number of amides is 1. The molecule has 0 aliphatic carbocycles. The SMILES string of the molecule is CN(C)S(=O)(=O)c1ccc(Cl)c(C(=O)Nc2cc(Cl)ccc2OCC(F)(F)F)c1. The highest BCUT2D eigenvalue weighted by Gasteiger charge is 2.29. The fourth-order valence-corrected chi connectivity index (χ4v) is 3.43. The molecule has 0 aromatic heterocycles. The molecule has 0 saturated heterocycles. The fraction of sp³-hybridized carbons (Fsp3) is 0.235. The van der Waals surface area contributed by atoms with Crippen LogP contribution in [0.2, 0.25) is 10.0 Å². The summed E-state index contributed by atoms with van der Waals surface area (Å²) in [5.41, 5.74) is -0.333. The molecular formula is C17H15Cl2F3N2O4S. The Morgan fingerprint density at radius 3 is 2.38 bits per heavy atom. The molecule has 0 atom stereocenters. The maximum atomic E-state index is 12.6. The Morgan fingerprint density at radius 1 is 1.14 bits per heavy atom. The van der Waals surface area contributed by atoms with E-state index in [2.05, 4.69) is 5.32 Å². The minimum absolute atomic E-state index is 0.0556. The van der Waals surface area contributed by atoms with Gasteiger partial charge >= 0.3 is 6.18 Å². The number of nitrogens with one attached hydrogen (secondary N) is 1. The van der Waals surface area contributed by atoms with Gasteiger partial charge in [0.05, 0.1) is 21.2 Å². The Labute approximate surface area is 175 Å². The molecule has 0 fully saturated rings. The minimum Gasteiger partial charge on any atom is -0.482 e. The molecule has 29 heavy (non-hydrogen) atoms. The first-order valence-electron chi connectivity index (χ1n) is 7.84. The summed E-state index contributed by atoms with van der Waals surface area (Å²) >= 11 is 11.9. The number of rotatable bonds is 6. The van der Waals surface area contributed by atoms with Crippen LogP contribution in [0.25, 0.3) is 0 Å². The molecule has 0 bridgehead atoms. The van der Waals surface area contributed by atoms with Crippen LogP contribution in [0.3, 0.4) is 0 Å². The smallest absolute Gasteiger partial charge is 0.422 e. The van der Waals surface area contributed by atoms with Crippen LogP contribution < -0.4 is 10.1 Å². The fourth-order valence-electron chi connectivity index (χ4n) is 2.12. The highest BCUT2D eigenvalue weighted by atomic mass is 35.5. The van der Waals surface area contributed by atoms with Crippen LogP contribution in [0, 0.1) is 0 Å². The summed E-state index contributed by atoms with van der Waals surface area (Å²) in [6, 6.07) is 7.17. The average molecular weight is 471 g/mol. The quantitative estimate of drug-likeness (QED) is 0.676. The monoisotopic (exact) mass is 470 g/mol. The van der Waals surface area contributed by atoms with E-state index < -0.39 is 28.7 Å². The molecule has 0 unspecified atom stereocenters. The number of hydrogen-bond acceptors (Lipinski definition) is 4. The van der Waals surface area contributed by atoms with Crippen LogP contribution in [0.15, 0.2) is 41.3 Å². The van der Waals surface area contributed by atoms with Crippen molar-refractivity contribution in [3.8, 4) is 5.75 Å². The van der Waals surface area contributed by atoms with E-state index in [0.717, 1.165) is 16.4 Å². The Morgan fingerprint density at radius 2 is 1.79 bits per heavy atom. The van der Waals surface area contributed by atoms with E-state index in [1.54, 1.807) is 0 Å². The van der Waals surface area contributed by atoms with E-state index >= 15 is 0 Å². The van der Waals surface area contributed by atoms with E-state index in [-0.39, 0.29) is 31.9 Å². The predicted octanol–water partition coefficient (Wildman–Crippen LogP) is 4.44. The van der Waals surface area contributed by atoms with E-state index in [1.165, 1.54) is 38.4 Å². The Balaban J connectivity index is 2.37. The number of carbonyl (C=O) groups is 1. The van der Waals surface area contributed by atoms with Gasteiger partial charge in [0, 0.05) is 19.1 Å². The molecule has 1 amide bonds.